The Morgan fingerprint density at radius 3 is 2.84 bits per heavy atom. The van der Waals surface area contributed by atoms with Crippen LogP contribution in [0.1, 0.15) is 30.6 Å². The van der Waals surface area contributed by atoms with Crippen molar-refractivity contribution in [2.75, 3.05) is 19.6 Å². The van der Waals surface area contributed by atoms with Crippen LogP contribution < -0.4 is 10.8 Å². The molecular weight excluding hydrogens is 338 g/mol. The van der Waals surface area contributed by atoms with Crippen LogP contribution in [-0.2, 0) is 9.59 Å². The van der Waals surface area contributed by atoms with Crippen molar-refractivity contribution in [3.8, 4) is 0 Å². The molecular formula is C18H23N3O3S. The molecule has 3 aliphatic rings. The molecule has 1 saturated carbocycles. The number of nitrogens with one attached hydrogen (secondary N) is 2. The minimum atomic E-state index is -0.546. The topological polar surface area (TPSA) is 81.7 Å². The van der Waals surface area contributed by atoms with Gasteiger partial charge in [-0.3, -0.25) is 14.8 Å². The molecule has 0 bridgehead atoms. The number of rotatable bonds is 3. The monoisotopic (exact) mass is 361 g/mol. The highest BCUT2D eigenvalue weighted by atomic mass is 32.1. The third-order valence-corrected chi connectivity index (χ3v) is 6.73. The fraction of sp³-hybridized carbons (Fsp3) is 0.556. The van der Waals surface area contributed by atoms with Crippen molar-refractivity contribution in [2.45, 2.75) is 31.7 Å². The summed E-state index contributed by atoms with van der Waals surface area (Å²) in [6.45, 7) is 2.02. The smallest absolute Gasteiger partial charge is 0.248 e. The van der Waals surface area contributed by atoms with Crippen molar-refractivity contribution < 1.29 is 14.8 Å². The standard InChI is InChI=1S/C18H23N3O3S/c22-16(20-24)13-10-18(5-6-18)11-19-15(13)17(23)21-7-3-12(4-8-21)14-2-1-9-25-14/h1-3,9,13,15,19,24H,4-8,10-11H2,(H,20,22). The number of piperidine rings is 1. The lowest BCUT2D eigenvalue weighted by molar-refractivity contribution is -0.144. The largest absolute Gasteiger partial charge is 0.337 e. The van der Waals surface area contributed by atoms with Crippen molar-refractivity contribution >= 4 is 28.7 Å². The number of carbonyl (C=O) groups is 2. The van der Waals surface area contributed by atoms with Gasteiger partial charge in [-0.05, 0) is 48.1 Å². The molecule has 2 amide bonds. The van der Waals surface area contributed by atoms with Gasteiger partial charge in [-0.2, -0.15) is 0 Å². The number of thiophene rings is 1. The third-order valence-electron chi connectivity index (χ3n) is 5.78. The molecule has 1 aliphatic carbocycles. The summed E-state index contributed by atoms with van der Waals surface area (Å²) in [4.78, 5) is 28.2. The van der Waals surface area contributed by atoms with Crippen LogP contribution >= 0.6 is 11.3 Å². The number of hydrogen-bond donors (Lipinski definition) is 3. The number of hydrogen-bond acceptors (Lipinski definition) is 5. The van der Waals surface area contributed by atoms with E-state index in [9.17, 15) is 9.59 Å². The summed E-state index contributed by atoms with van der Waals surface area (Å²) in [5.41, 5.74) is 3.20. The van der Waals surface area contributed by atoms with E-state index < -0.39 is 17.9 Å². The van der Waals surface area contributed by atoms with Gasteiger partial charge >= 0.3 is 0 Å². The van der Waals surface area contributed by atoms with E-state index in [4.69, 9.17) is 5.21 Å². The van der Waals surface area contributed by atoms with Crippen LogP contribution in [0, 0.1) is 11.3 Å². The molecule has 1 saturated heterocycles. The van der Waals surface area contributed by atoms with E-state index in [2.05, 4.69) is 22.8 Å². The van der Waals surface area contributed by atoms with E-state index in [1.807, 2.05) is 11.0 Å². The molecule has 7 heteroatoms. The van der Waals surface area contributed by atoms with Gasteiger partial charge in [0, 0.05) is 24.5 Å². The first-order valence-electron chi connectivity index (χ1n) is 8.81. The van der Waals surface area contributed by atoms with Crippen molar-refractivity contribution in [1.29, 1.82) is 0 Å². The minimum Gasteiger partial charge on any atom is -0.337 e. The molecule has 1 aromatic heterocycles. The average molecular weight is 361 g/mol. The lowest BCUT2D eigenvalue weighted by Gasteiger charge is -2.38. The summed E-state index contributed by atoms with van der Waals surface area (Å²) in [6, 6.07) is 3.60. The average Bonchev–Trinajstić information content (AvgIpc) is 3.18. The Morgan fingerprint density at radius 2 is 2.24 bits per heavy atom. The van der Waals surface area contributed by atoms with Crippen molar-refractivity contribution in [3.63, 3.8) is 0 Å². The van der Waals surface area contributed by atoms with Crippen LogP contribution in [0.4, 0.5) is 0 Å². The predicted octanol–water partition coefficient (Wildman–Crippen LogP) is 1.63. The molecule has 1 aromatic rings. The first-order chi connectivity index (χ1) is 12.1. The Hall–Kier alpha value is -1.70. The molecule has 134 valence electrons. The van der Waals surface area contributed by atoms with Gasteiger partial charge in [-0.1, -0.05) is 12.1 Å². The summed E-state index contributed by atoms with van der Waals surface area (Å²) in [5.74, 6) is -0.995. The molecule has 2 aliphatic heterocycles. The highest BCUT2D eigenvalue weighted by Crippen LogP contribution is 2.52. The van der Waals surface area contributed by atoms with Crippen LogP contribution in [0.25, 0.3) is 5.57 Å². The summed E-state index contributed by atoms with van der Waals surface area (Å²) in [5, 5.41) is 14.4. The lowest BCUT2D eigenvalue weighted by atomic mass is 9.81. The Bertz CT molecular complexity index is 696. The van der Waals surface area contributed by atoms with Gasteiger partial charge in [0.05, 0.1) is 12.0 Å². The second-order valence-corrected chi connectivity index (χ2v) is 8.33. The fourth-order valence-electron chi connectivity index (χ4n) is 4.02. The molecule has 3 N–H and O–H groups in total. The maximum atomic E-state index is 13.0. The van der Waals surface area contributed by atoms with E-state index in [-0.39, 0.29) is 11.3 Å². The highest BCUT2D eigenvalue weighted by Gasteiger charge is 2.52. The molecule has 0 aromatic carbocycles. The van der Waals surface area contributed by atoms with Crippen LogP contribution in [-0.4, -0.2) is 47.6 Å². The zero-order valence-corrected chi connectivity index (χ0v) is 14.8. The van der Waals surface area contributed by atoms with E-state index in [1.165, 1.54) is 10.5 Å². The fourth-order valence-corrected chi connectivity index (χ4v) is 4.82. The summed E-state index contributed by atoms with van der Waals surface area (Å²) >= 11 is 1.72. The Balaban J connectivity index is 1.45. The molecule has 0 radical (unpaired) electrons. The number of amides is 2. The van der Waals surface area contributed by atoms with E-state index in [1.54, 1.807) is 16.8 Å². The summed E-state index contributed by atoms with van der Waals surface area (Å²) in [7, 11) is 0. The second-order valence-electron chi connectivity index (χ2n) is 7.39. The molecule has 1 spiro atoms. The van der Waals surface area contributed by atoms with E-state index >= 15 is 0 Å². The Labute approximate surface area is 150 Å². The predicted molar refractivity (Wildman–Crippen MR) is 95.0 cm³/mol. The summed E-state index contributed by atoms with van der Waals surface area (Å²) < 4.78 is 0. The minimum absolute atomic E-state index is 0.0365. The van der Waals surface area contributed by atoms with Gasteiger partial charge in [0.25, 0.3) is 0 Å². The van der Waals surface area contributed by atoms with Gasteiger partial charge in [-0.15, -0.1) is 11.3 Å². The molecule has 2 unspecified atom stereocenters. The van der Waals surface area contributed by atoms with E-state index in [0.29, 0.717) is 19.5 Å². The second kappa shape index (κ2) is 6.55. The van der Waals surface area contributed by atoms with Crippen molar-refractivity contribution in [3.05, 3.63) is 28.5 Å². The van der Waals surface area contributed by atoms with Crippen molar-refractivity contribution in [1.82, 2.24) is 15.7 Å². The van der Waals surface area contributed by atoms with Crippen LogP contribution in [0.2, 0.25) is 0 Å². The van der Waals surface area contributed by atoms with Gasteiger partial charge < -0.3 is 10.2 Å². The zero-order valence-electron chi connectivity index (χ0n) is 14.0. The summed E-state index contributed by atoms with van der Waals surface area (Å²) in [6.07, 6.45) is 5.80. The quantitative estimate of drug-likeness (QED) is 0.565. The van der Waals surface area contributed by atoms with E-state index in [0.717, 1.165) is 25.8 Å². The first-order valence-corrected chi connectivity index (χ1v) is 9.69. The lowest BCUT2D eigenvalue weighted by Crippen LogP contribution is -2.59. The van der Waals surface area contributed by atoms with Gasteiger partial charge in [0.2, 0.25) is 11.8 Å². The number of nitrogens with zero attached hydrogens (tertiary/aromatic N) is 1. The van der Waals surface area contributed by atoms with Gasteiger partial charge in [0.1, 0.15) is 0 Å². The molecule has 2 atom stereocenters. The first kappa shape index (κ1) is 16.8. The van der Waals surface area contributed by atoms with Crippen molar-refractivity contribution in [2.24, 2.45) is 11.3 Å². The van der Waals surface area contributed by atoms with Gasteiger partial charge in [-0.25, -0.2) is 5.48 Å². The van der Waals surface area contributed by atoms with Crippen LogP contribution in [0.3, 0.4) is 0 Å². The third kappa shape index (κ3) is 3.23. The normalized spacial score (nSPS) is 27.7. The van der Waals surface area contributed by atoms with Gasteiger partial charge in [0.15, 0.2) is 0 Å². The molecule has 2 fully saturated rings. The maximum Gasteiger partial charge on any atom is 0.248 e. The molecule has 25 heavy (non-hydrogen) atoms. The van der Waals surface area contributed by atoms with Crippen LogP contribution in [0.15, 0.2) is 23.6 Å². The molecule has 4 rings (SSSR count). The van der Waals surface area contributed by atoms with Crippen LogP contribution in [0.5, 0.6) is 0 Å². The number of carbonyl (C=O) groups excluding carboxylic acids is 2. The molecule has 6 nitrogen and oxygen atoms in total. The Kier molecular flexibility index (Phi) is 4.39. The Morgan fingerprint density at radius 1 is 1.40 bits per heavy atom. The SMILES string of the molecule is O=C(NO)C1CC2(CC2)CNC1C(=O)N1CC=C(c2cccs2)CC1. The highest BCUT2D eigenvalue weighted by molar-refractivity contribution is 7.11. The molecule has 3 heterocycles. The maximum absolute atomic E-state index is 13.0. The zero-order chi connectivity index (χ0) is 17.4. The number of hydroxylamine groups is 1.